The Kier molecular flexibility index (Phi) is 5.31. The first kappa shape index (κ1) is 21.5. The van der Waals surface area contributed by atoms with Crippen molar-refractivity contribution in [2.75, 3.05) is 11.9 Å². The van der Waals surface area contributed by atoms with Gasteiger partial charge in [0.1, 0.15) is 12.2 Å². The summed E-state index contributed by atoms with van der Waals surface area (Å²) in [5.74, 6) is 0.803. The Bertz CT molecular complexity index is 1530. The van der Waals surface area contributed by atoms with E-state index in [0.717, 1.165) is 51.1 Å². The maximum atomic E-state index is 5.96. The summed E-state index contributed by atoms with van der Waals surface area (Å²) < 4.78 is 7.71. The second-order valence-corrected chi connectivity index (χ2v) is 8.75. The molecule has 5 aromatic rings. The van der Waals surface area contributed by atoms with E-state index < -0.39 is 0 Å². The molecule has 9 nitrogen and oxygen atoms in total. The Labute approximate surface area is 202 Å². The minimum atomic E-state index is -0.0670. The molecule has 6 rings (SSSR count). The van der Waals surface area contributed by atoms with Crippen molar-refractivity contribution in [1.29, 1.82) is 0 Å². The summed E-state index contributed by atoms with van der Waals surface area (Å²) in [6.07, 6.45) is 3.41. The Morgan fingerprint density at radius 3 is 2.94 bits per heavy atom. The van der Waals surface area contributed by atoms with Crippen molar-refractivity contribution in [3.05, 3.63) is 78.1 Å². The summed E-state index contributed by atoms with van der Waals surface area (Å²) in [4.78, 5) is 17.4. The molecule has 1 atom stereocenters. The van der Waals surface area contributed by atoms with Crippen LogP contribution in [0.4, 0.5) is 5.69 Å². The van der Waals surface area contributed by atoms with Crippen LogP contribution >= 0.6 is 0 Å². The largest absolute Gasteiger partial charge is 0.423 e. The average molecular weight is 464 g/mol. The number of hydrogen-bond acceptors (Lipinski definition) is 7. The predicted molar refractivity (Wildman–Crippen MR) is 136 cm³/mol. The first-order valence-corrected chi connectivity index (χ1v) is 11.6. The topological polar surface area (TPSA) is 119 Å². The van der Waals surface area contributed by atoms with Gasteiger partial charge < -0.3 is 20.7 Å². The van der Waals surface area contributed by atoms with E-state index in [2.05, 4.69) is 45.4 Å². The lowest BCUT2D eigenvalue weighted by Crippen LogP contribution is -2.24. The highest BCUT2D eigenvalue weighted by atomic mass is 16.5. The Balaban J connectivity index is 1.34. The molecule has 0 radical (unpaired) electrons. The second kappa shape index (κ2) is 8.64. The third kappa shape index (κ3) is 3.96. The number of hydrogen-bond donors (Lipinski definition) is 3. The second-order valence-electron chi connectivity index (χ2n) is 8.75. The monoisotopic (exact) mass is 464 g/mol. The molecule has 1 aromatic carbocycles. The van der Waals surface area contributed by atoms with Crippen LogP contribution in [-0.2, 0) is 11.2 Å². The van der Waals surface area contributed by atoms with E-state index in [1.54, 1.807) is 10.8 Å². The summed E-state index contributed by atoms with van der Waals surface area (Å²) >= 11 is 0. The van der Waals surface area contributed by atoms with Gasteiger partial charge in [-0.15, -0.1) is 0 Å². The number of imidazole rings is 1. The number of aryl methyl sites for hydroxylation is 1. The number of rotatable bonds is 6. The van der Waals surface area contributed by atoms with Gasteiger partial charge in [-0.3, -0.25) is 4.98 Å². The lowest BCUT2D eigenvalue weighted by molar-refractivity contribution is 0.235. The first-order valence-electron chi connectivity index (χ1n) is 11.6. The van der Waals surface area contributed by atoms with Crippen LogP contribution in [0.1, 0.15) is 23.2 Å². The minimum absolute atomic E-state index is 0.0620. The van der Waals surface area contributed by atoms with Gasteiger partial charge in [-0.05, 0) is 54.3 Å². The number of H-pyrrole nitrogens is 1. The Morgan fingerprint density at radius 1 is 1.17 bits per heavy atom. The molecular weight excluding hydrogens is 439 g/mol. The highest BCUT2D eigenvalue weighted by Crippen LogP contribution is 2.30. The molecule has 1 unspecified atom stereocenters. The molecule has 4 N–H and O–H groups in total. The number of aromatic nitrogens is 6. The van der Waals surface area contributed by atoms with Gasteiger partial charge >= 0.3 is 6.92 Å². The van der Waals surface area contributed by atoms with Crippen molar-refractivity contribution >= 4 is 23.7 Å². The highest BCUT2D eigenvalue weighted by molar-refractivity contribution is 6.67. The van der Waals surface area contributed by atoms with Crippen LogP contribution in [0.5, 0.6) is 0 Å². The minimum Gasteiger partial charge on any atom is -0.423 e. The third-order valence-electron chi connectivity index (χ3n) is 6.36. The van der Waals surface area contributed by atoms with E-state index >= 15 is 0 Å². The van der Waals surface area contributed by atoms with Crippen molar-refractivity contribution in [3.63, 3.8) is 0 Å². The van der Waals surface area contributed by atoms with E-state index in [1.807, 2.05) is 43.5 Å². The maximum Gasteiger partial charge on any atom is 0.324 e. The quantitative estimate of drug-likeness (QED) is 0.331. The van der Waals surface area contributed by atoms with E-state index in [0.29, 0.717) is 13.1 Å². The number of nitrogens with zero attached hydrogens (tertiary/aromatic N) is 5. The van der Waals surface area contributed by atoms with Crippen LogP contribution in [0.15, 0.2) is 61.1 Å². The average Bonchev–Trinajstić information content (AvgIpc) is 3.59. The van der Waals surface area contributed by atoms with Gasteiger partial charge in [0.15, 0.2) is 5.65 Å². The molecule has 0 fully saturated rings. The highest BCUT2D eigenvalue weighted by Gasteiger charge is 2.30. The van der Waals surface area contributed by atoms with Crippen molar-refractivity contribution in [3.8, 4) is 22.6 Å². The standard InChI is InChI=1S/C25H25BN8O/c1-15-4-3-5-20(31-15)25-24(16-6-9-23-29-14-30-34(23)13-16)32-22(33-25)12-28-17-7-8-19-18(10-17)21(11-27)35-26(19)2/h3-10,13-14,21,28H,11-12,27H2,1-2H3,(H,32,33). The maximum absolute atomic E-state index is 5.96. The Morgan fingerprint density at radius 2 is 2.09 bits per heavy atom. The van der Waals surface area contributed by atoms with Gasteiger partial charge in [-0.2, -0.15) is 5.10 Å². The predicted octanol–water partition coefficient (Wildman–Crippen LogP) is 2.96. The normalized spacial score (nSPS) is 15.1. The molecule has 0 saturated carbocycles. The molecule has 1 aliphatic rings. The molecule has 10 heteroatoms. The molecule has 0 aliphatic carbocycles. The van der Waals surface area contributed by atoms with Gasteiger partial charge in [0.25, 0.3) is 0 Å². The number of fused-ring (bicyclic) bond motifs is 2. The fourth-order valence-corrected chi connectivity index (χ4v) is 4.63. The lowest BCUT2D eigenvalue weighted by atomic mass is 9.64. The molecule has 174 valence electrons. The summed E-state index contributed by atoms with van der Waals surface area (Å²) in [5, 5.41) is 7.76. The van der Waals surface area contributed by atoms with Crippen molar-refractivity contribution < 1.29 is 4.65 Å². The number of aromatic amines is 1. The molecule has 0 saturated heterocycles. The number of nitrogens with one attached hydrogen (secondary N) is 2. The molecule has 35 heavy (non-hydrogen) atoms. The summed E-state index contributed by atoms with van der Waals surface area (Å²) in [7, 11) is 0. The molecule has 0 bridgehead atoms. The van der Waals surface area contributed by atoms with Crippen molar-refractivity contribution in [1.82, 2.24) is 29.5 Å². The van der Waals surface area contributed by atoms with Crippen LogP contribution in [0.2, 0.25) is 6.82 Å². The zero-order valence-corrected chi connectivity index (χ0v) is 19.6. The first-order chi connectivity index (χ1) is 17.1. The van der Waals surface area contributed by atoms with Gasteiger partial charge in [-0.25, -0.2) is 14.5 Å². The van der Waals surface area contributed by atoms with E-state index in [9.17, 15) is 0 Å². The van der Waals surface area contributed by atoms with Gasteiger partial charge in [0.05, 0.1) is 29.7 Å². The van der Waals surface area contributed by atoms with Gasteiger partial charge in [0, 0.05) is 29.7 Å². The smallest absolute Gasteiger partial charge is 0.324 e. The van der Waals surface area contributed by atoms with Crippen LogP contribution < -0.4 is 16.5 Å². The van der Waals surface area contributed by atoms with Crippen LogP contribution in [0, 0.1) is 6.92 Å². The van der Waals surface area contributed by atoms with Crippen molar-refractivity contribution in [2.24, 2.45) is 5.73 Å². The van der Waals surface area contributed by atoms with E-state index in [4.69, 9.17) is 20.4 Å². The fourth-order valence-electron chi connectivity index (χ4n) is 4.63. The zero-order valence-electron chi connectivity index (χ0n) is 19.6. The fraction of sp³-hybridized carbons (Fsp3) is 0.200. The Hall–Kier alpha value is -4.02. The number of pyridine rings is 2. The third-order valence-corrected chi connectivity index (χ3v) is 6.36. The van der Waals surface area contributed by atoms with Gasteiger partial charge in [-0.1, -0.05) is 19.0 Å². The zero-order chi connectivity index (χ0) is 23.9. The van der Waals surface area contributed by atoms with Gasteiger partial charge in [0.2, 0.25) is 0 Å². The SMILES string of the molecule is CB1OC(CN)c2cc(NCc3nc(-c4ccc5ncnn5c4)c(-c4cccc(C)n4)[nH]3)ccc21. The summed E-state index contributed by atoms with van der Waals surface area (Å²) in [6, 6.07) is 16.2. The van der Waals surface area contributed by atoms with E-state index in [-0.39, 0.29) is 13.0 Å². The molecule has 5 heterocycles. The number of benzene rings is 1. The number of anilines is 1. The molecule has 0 amide bonds. The van der Waals surface area contributed by atoms with Crippen LogP contribution in [0.3, 0.4) is 0 Å². The molecule has 0 spiro atoms. The summed E-state index contributed by atoms with van der Waals surface area (Å²) in [5.41, 5.74) is 14.4. The molecular formula is C25H25BN8O. The van der Waals surface area contributed by atoms with Crippen LogP contribution in [0.25, 0.3) is 28.3 Å². The number of nitrogens with two attached hydrogens (primary N) is 1. The molecule has 1 aliphatic heterocycles. The van der Waals surface area contributed by atoms with Crippen LogP contribution in [-0.4, -0.2) is 43.0 Å². The molecule has 4 aromatic heterocycles. The lowest BCUT2D eigenvalue weighted by Gasteiger charge is -2.11. The van der Waals surface area contributed by atoms with Crippen molar-refractivity contribution in [2.45, 2.75) is 26.4 Å². The summed E-state index contributed by atoms with van der Waals surface area (Å²) in [6.45, 7) is 5.09. The van der Waals surface area contributed by atoms with E-state index in [1.165, 1.54) is 5.46 Å².